The predicted octanol–water partition coefficient (Wildman–Crippen LogP) is 4.38. The molecule has 0 saturated heterocycles. The summed E-state index contributed by atoms with van der Waals surface area (Å²) in [7, 11) is 0. The van der Waals surface area contributed by atoms with E-state index in [9.17, 15) is 0 Å². The quantitative estimate of drug-likeness (QED) is 0.716. The first-order chi connectivity index (χ1) is 7.79. The van der Waals surface area contributed by atoms with E-state index in [-0.39, 0.29) is 0 Å². The standard InChI is InChI=1S/C15H19N/c1-14(2)10-6-3-4-9-13-16-15-11-7-5-8-12-15/h3-14,16H,1-2H3/b4-3+,10-6-,13-9+. The Morgan fingerprint density at radius 3 is 2.31 bits per heavy atom. The van der Waals surface area contributed by atoms with E-state index in [0.29, 0.717) is 5.92 Å². The van der Waals surface area contributed by atoms with Crippen molar-refractivity contribution >= 4 is 5.69 Å². The Hall–Kier alpha value is -1.76. The molecule has 0 amide bonds. The molecule has 0 saturated carbocycles. The van der Waals surface area contributed by atoms with E-state index in [1.165, 1.54) is 0 Å². The van der Waals surface area contributed by atoms with Gasteiger partial charge < -0.3 is 5.32 Å². The molecule has 0 spiro atoms. The molecule has 1 aromatic carbocycles. The van der Waals surface area contributed by atoms with E-state index < -0.39 is 0 Å². The molecule has 0 bridgehead atoms. The van der Waals surface area contributed by atoms with E-state index in [2.05, 4.69) is 31.3 Å². The fourth-order valence-electron chi connectivity index (χ4n) is 1.15. The zero-order valence-electron chi connectivity index (χ0n) is 9.93. The van der Waals surface area contributed by atoms with Crippen LogP contribution in [0.15, 0.2) is 66.9 Å². The highest BCUT2D eigenvalue weighted by Crippen LogP contribution is 2.04. The number of para-hydroxylation sites is 1. The Bertz CT molecular complexity index is 358. The fraction of sp³-hybridized carbons (Fsp3) is 0.200. The molecule has 0 aliphatic carbocycles. The summed E-state index contributed by atoms with van der Waals surface area (Å²) in [4.78, 5) is 0. The van der Waals surface area contributed by atoms with Gasteiger partial charge in [-0.3, -0.25) is 0 Å². The monoisotopic (exact) mass is 213 g/mol. The van der Waals surface area contributed by atoms with Gasteiger partial charge in [0.15, 0.2) is 0 Å². The van der Waals surface area contributed by atoms with Gasteiger partial charge in [0.05, 0.1) is 0 Å². The molecule has 1 N–H and O–H groups in total. The summed E-state index contributed by atoms with van der Waals surface area (Å²) in [6.45, 7) is 4.33. The van der Waals surface area contributed by atoms with Crippen molar-refractivity contribution in [1.82, 2.24) is 0 Å². The molecule has 0 atom stereocenters. The van der Waals surface area contributed by atoms with Crippen LogP contribution in [0.3, 0.4) is 0 Å². The minimum Gasteiger partial charge on any atom is -0.362 e. The van der Waals surface area contributed by atoms with Gasteiger partial charge in [-0.25, -0.2) is 0 Å². The van der Waals surface area contributed by atoms with Gasteiger partial charge in [0.2, 0.25) is 0 Å². The van der Waals surface area contributed by atoms with Crippen LogP contribution in [0.2, 0.25) is 0 Å². The van der Waals surface area contributed by atoms with Crippen molar-refractivity contribution in [2.24, 2.45) is 5.92 Å². The second-order valence-electron chi connectivity index (χ2n) is 3.88. The summed E-state index contributed by atoms with van der Waals surface area (Å²) in [5.41, 5.74) is 1.10. The van der Waals surface area contributed by atoms with E-state index >= 15 is 0 Å². The average molecular weight is 213 g/mol. The topological polar surface area (TPSA) is 12.0 Å². The normalized spacial score (nSPS) is 12.2. The van der Waals surface area contributed by atoms with Crippen LogP contribution >= 0.6 is 0 Å². The molecule has 0 unspecified atom stereocenters. The third-order valence-electron chi connectivity index (χ3n) is 1.95. The largest absolute Gasteiger partial charge is 0.362 e. The van der Waals surface area contributed by atoms with Crippen LogP contribution < -0.4 is 5.32 Å². The molecular weight excluding hydrogens is 194 g/mol. The van der Waals surface area contributed by atoms with Crippen molar-refractivity contribution < 1.29 is 0 Å². The lowest BCUT2D eigenvalue weighted by atomic mass is 10.2. The van der Waals surface area contributed by atoms with Crippen molar-refractivity contribution in [3.63, 3.8) is 0 Å². The fourth-order valence-corrected chi connectivity index (χ4v) is 1.15. The van der Waals surface area contributed by atoms with Gasteiger partial charge in [-0.15, -0.1) is 0 Å². The van der Waals surface area contributed by atoms with E-state index in [1.54, 1.807) is 0 Å². The summed E-state index contributed by atoms with van der Waals surface area (Å²) in [5.74, 6) is 0.607. The van der Waals surface area contributed by atoms with Gasteiger partial charge >= 0.3 is 0 Å². The lowest BCUT2D eigenvalue weighted by Crippen LogP contribution is -1.84. The zero-order chi connectivity index (χ0) is 11.6. The minimum atomic E-state index is 0.607. The maximum absolute atomic E-state index is 3.19. The van der Waals surface area contributed by atoms with Crippen molar-refractivity contribution in [2.75, 3.05) is 5.32 Å². The number of hydrogen-bond acceptors (Lipinski definition) is 1. The van der Waals surface area contributed by atoms with Crippen LogP contribution in [-0.4, -0.2) is 0 Å². The van der Waals surface area contributed by atoms with Crippen molar-refractivity contribution in [2.45, 2.75) is 13.8 Å². The van der Waals surface area contributed by atoms with Gasteiger partial charge in [-0.2, -0.15) is 0 Å². The van der Waals surface area contributed by atoms with Gasteiger partial charge in [-0.05, 0) is 24.1 Å². The molecule has 0 aromatic heterocycles. The Morgan fingerprint density at radius 2 is 1.62 bits per heavy atom. The lowest BCUT2D eigenvalue weighted by Gasteiger charge is -1.97. The van der Waals surface area contributed by atoms with Gasteiger partial charge in [-0.1, -0.05) is 56.4 Å². The smallest absolute Gasteiger partial charge is 0.0379 e. The second kappa shape index (κ2) is 7.52. The number of anilines is 1. The summed E-state index contributed by atoms with van der Waals surface area (Å²) in [6, 6.07) is 10.1. The number of nitrogens with one attached hydrogen (secondary N) is 1. The molecule has 0 fully saturated rings. The second-order valence-corrected chi connectivity index (χ2v) is 3.88. The van der Waals surface area contributed by atoms with Crippen LogP contribution in [0.1, 0.15) is 13.8 Å². The lowest BCUT2D eigenvalue weighted by molar-refractivity contribution is 0.832. The first-order valence-corrected chi connectivity index (χ1v) is 5.60. The van der Waals surface area contributed by atoms with Gasteiger partial charge in [0, 0.05) is 11.9 Å². The van der Waals surface area contributed by atoms with E-state index in [4.69, 9.17) is 0 Å². The first kappa shape index (κ1) is 12.3. The van der Waals surface area contributed by atoms with Crippen LogP contribution in [0.4, 0.5) is 5.69 Å². The summed E-state index contributed by atoms with van der Waals surface area (Å²) in [5, 5.41) is 3.19. The number of benzene rings is 1. The van der Waals surface area contributed by atoms with Crippen LogP contribution in [0.5, 0.6) is 0 Å². The number of rotatable bonds is 5. The Labute approximate surface area is 98.2 Å². The highest BCUT2D eigenvalue weighted by atomic mass is 14.8. The summed E-state index contributed by atoms with van der Waals surface area (Å²) >= 11 is 0. The maximum atomic E-state index is 3.19. The van der Waals surface area contributed by atoms with Crippen molar-refractivity contribution in [3.8, 4) is 0 Å². The van der Waals surface area contributed by atoms with Crippen molar-refractivity contribution in [1.29, 1.82) is 0 Å². The van der Waals surface area contributed by atoms with Gasteiger partial charge in [0.1, 0.15) is 0 Å². The molecule has 16 heavy (non-hydrogen) atoms. The summed E-state index contributed by atoms with van der Waals surface area (Å²) in [6.07, 6.45) is 12.2. The Kier molecular flexibility index (Phi) is 5.79. The molecular formula is C15H19N. The number of allylic oxidation sites excluding steroid dienone is 5. The molecule has 1 heteroatoms. The molecule has 84 valence electrons. The number of hydrogen-bond donors (Lipinski definition) is 1. The SMILES string of the molecule is CC(C)\C=C/C=C/C=C/Nc1ccccc1. The first-order valence-electron chi connectivity index (χ1n) is 5.60. The zero-order valence-corrected chi connectivity index (χ0v) is 9.93. The molecule has 0 heterocycles. The predicted molar refractivity (Wildman–Crippen MR) is 72.3 cm³/mol. The molecule has 0 aliphatic heterocycles. The average Bonchev–Trinajstić information content (AvgIpc) is 2.29. The van der Waals surface area contributed by atoms with E-state index in [1.807, 2.05) is 54.8 Å². The molecule has 0 aliphatic rings. The third-order valence-corrected chi connectivity index (χ3v) is 1.95. The third kappa shape index (κ3) is 5.86. The summed E-state index contributed by atoms with van der Waals surface area (Å²) < 4.78 is 0. The Morgan fingerprint density at radius 1 is 0.938 bits per heavy atom. The highest BCUT2D eigenvalue weighted by molar-refractivity contribution is 5.45. The molecule has 0 radical (unpaired) electrons. The molecule has 1 aromatic rings. The highest BCUT2D eigenvalue weighted by Gasteiger charge is 1.81. The minimum absolute atomic E-state index is 0.607. The van der Waals surface area contributed by atoms with Crippen molar-refractivity contribution in [3.05, 3.63) is 66.9 Å². The van der Waals surface area contributed by atoms with Crippen LogP contribution in [0.25, 0.3) is 0 Å². The van der Waals surface area contributed by atoms with Gasteiger partial charge in [0.25, 0.3) is 0 Å². The molecule has 1 rings (SSSR count). The maximum Gasteiger partial charge on any atom is 0.0379 e. The van der Waals surface area contributed by atoms with E-state index in [0.717, 1.165) is 5.69 Å². The Balaban J connectivity index is 2.28. The van der Waals surface area contributed by atoms with Crippen LogP contribution in [0, 0.1) is 5.92 Å². The molecule has 1 nitrogen and oxygen atoms in total. The van der Waals surface area contributed by atoms with Crippen LogP contribution in [-0.2, 0) is 0 Å².